The molecule has 0 unspecified atom stereocenters. The van der Waals surface area contributed by atoms with E-state index < -0.39 is 23.5 Å². The molecule has 2 aromatic carbocycles. The highest BCUT2D eigenvalue weighted by Crippen LogP contribution is 2.38. The van der Waals surface area contributed by atoms with Crippen LogP contribution in [0.2, 0.25) is 0 Å². The molecule has 44 heavy (non-hydrogen) atoms. The van der Waals surface area contributed by atoms with Gasteiger partial charge in [-0.05, 0) is 62.9 Å². The topological polar surface area (TPSA) is 123 Å². The number of hydrogen-bond acceptors (Lipinski definition) is 8. The second-order valence-corrected chi connectivity index (χ2v) is 10.6. The summed E-state index contributed by atoms with van der Waals surface area (Å²) < 4.78 is 54.2. The smallest absolute Gasteiger partial charge is 0.434 e. The average molecular weight is 614 g/mol. The van der Waals surface area contributed by atoms with Crippen LogP contribution in [0, 0.1) is 20.8 Å². The Morgan fingerprint density at radius 2 is 1.80 bits per heavy atom. The largest absolute Gasteiger partial charge is 0.493 e. The number of amides is 1. The van der Waals surface area contributed by atoms with E-state index in [1.807, 2.05) is 63.5 Å². The monoisotopic (exact) mass is 613 g/mol. The number of carbonyl (C=O) groups excluding carboxylic acids is 1. The minimum Gasteiger partial charge on any atom is -0.493 e. The van der Waals surface area contributed by atoms with Crippen molar-refractivity contribution in [1.29, 1.82) is 0 Å². The van der Waals surface area contributed by atoms with Gasteiger partial charge in [0.25, 0.3) is 5.91 Å². The summed E-state index contributed by atoms with van der Waals surface area (Å²) in [6, 6.07) is 9.60. The van der Waals surface area contributed by atoms with Gasteiger partial charge in [-0.3, -0.25) is 24.8 Å². The molecule has 2 aliphatic rings. The van der Waals surface area contributed by atoms with Crippen molar-refractivity contribution in [3.8, 4) is 22.8 Å². The highest BCUT2D eigenvalue weighted by atomic mass is 19.4. The fourth-order valence-electron chi connectivity index (χ4n) is 5.57. The Bertz CT molecular complexity index is 1770. The lowest BCUT2D eigenvalue weighted by molar-refractivity contribution is -0.119. The van der Waals surface area contributed by atoms with E-state index in [2.05, 4.69) is 16.3 Å². The maximum atomic E-state index is 14.0. The van der Waals surface area contributed by atoms with Crippen LogP contribution in [0.4, 0.5) is 18.9 Å². The molecule has 0 fully saturated rings. The van der Waals surface area contributed by atoms with Gasteiger partial charge in [-0.2, -0.15) is 13.2 Å². The Morgan fingerprint density at radius 1 is 1.07 bits per heavy atom. The van der Waals surface area contributed by atoms with Crippen LogP contribution >= 0.6 is 0 Å². The van der Waals surface area contributed by atoms with Crippen LogP contribution in [0.1, 0.15) is 29.2 Å². The predicted molar refractivity (Wildman–Crippen MR) is 157 cm³/mol. The van der Waals surface area contributed by atoms with Gasteiger partial charge >= 0.3 is 11.9 Å². The van der Waals surface area contributed by atoms with E-state index in [4.69, 9.17) is 14.5 Å². The third-order valence-electron chi connectivity index (χ3n) is 7.48. The minimum atomic E-state index is -4.77. The van der Waals surface area contributed by atoms with Gasteiger partial charge in [0.15, 0.2) is 17.2 Å². The molecule has 1 aromatic heterocycles. The number of ether oxygens (including phenoxy) is 2. The number of hydrazine groups is 2. The van der Waals surface area contributed by atoms with Crippen molar-refractivity contribution in [2.75, 3.05) is 20.3 Å². The molecule has 0 spiro atoms. The number of carbonyl (C=O) groups is 1. The molecule has 0 atom stereocenters. The standard InChI is InChI=1S/C30H34F3N7O4/c1-6-44-23-13-19-7-9-39-21(20(19)14-22(23)43-5)15-24(35-25-17(3)11-16(2)12-18(25)4)40(29(39)42)10-8-34-28(41)26-27(30(31,32)33)37-38-36-26/h11-15,36-38H,6-10H2,1-5H3,(H,34,41)/b35-24+. The first-order valence-corrected chi connectivity index (χ1v) is 14.1. The summed E-state index contributed by atoms with van der Waals surface area (Å²) in [5, 5.41) is 2.47. The Hall–Kier alpha value is -4.72. The zero-order valence-corrected chi connectivity index (χ0v) is 25.0. The number of aromatic nitrogens is 2. The SMILES string of the molecule is CCOc1cc2c(cc1OC)-c1c/c(=N\c3c(C)cc(C)cc3C)n(CCNC(=O)C3=C(C(F)(F)F)NNN3)c(=O)n1CC2. The van der Waals surface area contributed by atoms with Crippen molar-refractivity contribution in [2.45, 2.75) is 53.4 Å². The number of rotatable bonds is 8. The van der Waals surface area contributed by atoms with Crippen molar-refractivity contribution in [2.24, 2.45) is 4.99 Å². The predicted octanol–water partition coefficient (Wildman–Crippen LogP) is 2.94. The van der Waals surface area contributed by atoms with E-state index >= 15 is 0 Å². The summed E-state index contributed by atoms with van der Waals surface area (Å²) >= 11 is 0. The Balaban J connectivity index is 1.60. The Kier molecular flexibility index (Phi) is 8.46. The number of halogens is 3. The molecular formula is C30H34F3N7O4. The van der Waals surface area contributed by atoms with E-state index in [-0.39, 0.29) is 18.8 Å². The van der Waals surface area contributed by atoms with Gasteiger partial charge in [-0.1, -0.05) is 17.7 Å². The zero-order valence-electron chi connectivity index (χ0n) is 25.0. The first kappa shape index (κ1) is 30.7. The summed E-state index contributed by atoms with van der Waals surface area (Å²) in [7, 11) is 1.55. The van der Waals surface area contributed by atoms with Crippen molar-refractivity contribution < 1.29 is 27.4 Å². The quantitative estimate of drug-likeness (QED) is 0.308. The normalized spacial score (nSPS) is 14.5. The first-order chi connectivity index (χ1) is 20.9. The maximum Gasteiger partial charge on any atom is 0.434 e. The number of nitrogens with zero attached hydrogens (tertiary/aromatic N) is 3. The number of allylic oxidation sites excluding steroid dienone is 1. The molecule has 0 saturated carbocycles. The number of fused-ring (bicyclic) bond motifs is 3. The summed E-state index contributed by atoms with van der Waals surface area (Å²) in [6.07, 6.45) is -4.21. The van der Waals surface area contributed by atoms with Crippen LogP contribution in [0.5, 0.6) is 11.5 Å². The fourth-order valence-corrected chi connectivity index (χ4v) is 5.57. The van der Waals surface area contributed by atoms with Crippen molar-refractivity contribution in [3.05, 3.63) is 80.0 Å². The number of aryl methyl sites for hydroxylation is 4. The molecule has 234 valence electrons. The van der Waals surface area contributed by atoms with Gasteiger partial charge in [-0.25, -0.2) is 9.79 Å². The molecule has 3 aromatic rings. The maximum absolute atomic E-state index is 14.0. The van der Waals surface area contributed by atoms with Gasteiger partial charge in [0.2, 0.25) is 0 Å². The molecule has 0 saturated heterocycles. The third kappa shape index (κ3) is 5.89. The molecule has 11 nitrogen and oxygen atoms in total. The van der Waals surface area contributed by atoms with Gasteiger partial charge in [0, 0.05) is 31.3 Å². The molecule has 14 heteroatoms. The minimum absolute atomic E-state index is 0.0391. The Morgan fingerprint density at radius 3 is 2.45 bits per heavy atom. The molecule has 0 aliphatic carbocycles. The van der Waals surface area contributed by atoms with E-state index in [0.29, 0.717) is 47.9 Å². The number of hydrogen-bond donors (Lipinski definition) is 4. The lowest BCUT2D eigenvalue weighted by atomic mass is 9.97. The molecule has 3 heterocycles. The highest BCUT2D eigenvalue weighted by molar-refractivity contribution is 5.94. The molecule has 1 amide bonds. The number of methoxy groups -OCH3 is 1. The number of benzene rings is 2. The van der Waals surface area contributed by atoms with Crippen LogP contribution < -0.4 is 42.4 Å². The number of alkyl halides is 3. The second-order valence-electron chi connectivity index (χ2n) is 10.6. The van der Waals surface area contributed by atoms with E-state index in [1.165, 1.54) is 4.57 Å². The summed E-state index contributed by atoms with van der Waals surface area (Å²) in [4.78, 5) is 31.6. The van der Waals surface area contributed by atoms with Crippen molar-refractivity contribution in [3.63, 3.8) is 0 Å². The lowest BCUT2D eigenvalue weighted by Gasteiger charge is -2.25. The molecule has 5 rings (SSSR count). The van der Waals surface area contributed by atoms with Crippen LogP contribution in [0.3, 0.4) is 0 Å². The van der Waals surface area contributed by atoms with Gasteiger partial charge in [-0.15, -0.1) is 5.53 Å². The Labute approximate surface area is 251 Å². The van der Waals surface area contributed by atoms with Crippen LogP contribution in [-0.2, 0) is 24.3 Å². The fraction of sp³-hybridized carbons (Fsp3) is 0.367. The molecule has 0 radical (unpaired) electrons. The van der Waals surface area contributed by atoms with Gasteiger partial charge in [0.1, 0.15) is 11.2 Å². The van der Waals surface area contributed by atoms with Crippen LogP contribution in [0.15, 0.2) is 51.5 Å². The second kappa shape index (κ2) is 12.1. The van der Waals surface area contributed by atoms with E-state index in [1.54, 1.807) is 11.7 Å². The summed E-state index contributed by atoms with van der Waals surface area (Å²) in [5.41, 5.74) is 10.3. The molecule has 0 bridgehead atoms. The molecular weight excluding hydrogens is 579 g/mol. The van der Waals surface area contributed by atoms with Crippen molar-refractivity contribution in [1.82, 2.24) is 30.8 Å². The van der Waals surface area contributed by atoms with Gasteiger partial charge in [0.05, 0.1) is 25.1 Å². The number of nitrogens with one attached hydrogen (secondary N) is 4. The van der Waals surface area contributed by atoms with Crippen molar-refractivity contribution >= 4 is 11.6 Å². The zero-order chi connectivity index (χ0) is 31.8. The summed E-state index contributed by atoms with van der Waals surface area (Å²) in [5.74, 6) is 0.169. The van der Waals surface area contributed by atoms with E-state index in [0.717, 1.165) is 27.8 Å². The van der Waals surface area contributed by atoms with Crippen LogP contribution in [0.25, 0.3) is 11.3 Å². The molecule has 4 N–H and O–H groups in total. The highest BCUT2D eigenvalue weighted by Gasteiger charge is 2.41. The summed E-state index contributed by atoms with van der Waals surface area (Å²) in [6.45, 7) is 8.44. The van der Waals surface area contributed by atoms with Crippen LogP contribution in [-0.4, -0.2) is 41.5 Å². The average Bonchev–Trinajstić information content (AvgIpc) is 3.47. The van der Waals surface area contributed by atoms with Gasteiger partial charge < -0.3 is 14.8 Å². The van der Waals surface area contributed by atoms with E-state index in [9.17, 15) is 22.8 Å². The first-order valence-electron chi connectivity index (χ1n) is 14.1. The molecule has 2 aliphatic heterocycles. The third-order valence-corrected chi connectivity index (χ3v) is 7.48. The lowest BCUT2D eigenvalue weighted by Crippen LogP contribution is -2.44.